The lowest BCUT2D eigenvalue weighted by Gasteiger charge is -2.19. The van der Waals surface area contributed by atoms with Crippen LogP contribution in [-0.2, 0) is 11.2 Å². The Bertz CT molecular complexity index is 571. The van der Waals surface area contributed by atoms with Crippen molar-refractivity contribution in [3.63, 3.8) is 0 Å². The third kappa shape index (κ3) is 8.96. The van der Waals surface area contributed by atoms with Crippen LogP contribution in [0.1, 0.15) is 70.3 Å². The summed E-state index contributed by atoms with van der Waals surface area (Å²) in [5.41, 5.74) is 6.33. The number of benzene rings is 1. The SMILES string of the molecule is CCCCCCCC(N)=O.c1cc2c(cc1CCCN1CCCC1)OCCO2. The summed E-state index contributed by atoms with van der Waals surface area (Å²) in [7, 11) is 0. The molecule has 1 fully saturated rings. The van der Waals surface area contributed by atoms with E-state index < -0.39 is 0 Å². The highest BCUT2D eigenvalue weighted by Crippen LogP contribution is 2.31. The average molecular weight is 391 g/mol. The monoisotopic (exact) mass is 390 g/mol. The second kappa shape index (κ2) is 13.4. The van der Waals surface area contributed by atoms with Gasteiger partial charge in [-0.05, 0) is 69.4 Å². The fourth-order valence-electron chi connectivity index (χ4n) is 3.66. The number of hydrogen-bond acceptors (Lipinski definition) is 4. The first kappa shape index (κ1) is 22.5. The lowest BCUT2D eigenvalue weighted by atomic mass is 10.1. The molecule has 2 heterocycles. The van der Waals surface area contributed by atoms with Crippen molar-refractivity contribution < 1.29 is 14.3 Å². The fourth-order valence-corrected chi connectivity index (χ4v) is 3.66. The highest BCUT2D eigenvalue weighted by atomic mass is 16.6. The molecule has 1 aromatic carbocycles. The number of amides is 1. The minimum absolute atomic E-state index is 0.170. The molecule has 0 unspecified atom stereocenters. The van der Waals surface area contributed by atoms with E-state index in [2.05, 4.69) is 24.0 Å². The Balaban J connectivity index is 0.000000242. The van der Waals surface area contributed by atoms with Crippen LogP contribution < -0.4 is 15.2 Å². The second-order valence-electron chi connectivity index (χ2n) is 7.76. The zero-order valence-electron chi connectivity index (χ0n) is 17.6. The number of likely N-dealkylation sites (tertiary alicyclic amines) is 1. The summed E-state index contributed by atoms with van der Waals surface area (Å²) in [6.07, 6.45) is 11.6. The molecular formula is C23H38N2O3. The zero-order valence-corrected chi connectivity index (χ0v) is 17.6. The van der Waals surface area contributed by atoms with Crippen LogP contribution in [-0.4, -0.2) is 43.7 Å². The number of nitrogens with zero attached hydrogens (tertiary/aromatic N) is 1. The summed E-state index contributed by atoms with van der Waals surface area (Å²) in [5.74, 6) is 1.64. The molecule has 0 bridgehead atoms. The molecule has 2 aliphatic heterocycles. The van der Waals surface area contributed by atoms with Gasteiger partial charge in [-0.25, -0.2) is 0 Å². The molecule has 0 radical (unpaired) electrons. The summed E-state index contributed by atoms with van der Waals surface area (Å²) in [6, 6.07) is 6.34. The number of nitrogens with two attached hydrogens (primary N) is 1. The molecule has 0 spiro atoms. The molecule has 0 atom stereocenters. The summed E-state index contributed by atoms with van der Waals surface area (Å²) in [6.45, 7) is 7.33. The molecule has 0 aromatic heterocycles. The number of carbonyl (C=O) groups is 1. The maximum atomic E-state index is 10.3. The van der Waals surface area contributed by atoms with E-state index in [0.717, 1.165) is 30.8 Å². The topological polar surface area (TPSA) is 64.8 Å². The number of unbranched alkanes of at least 4 members (excludes halogenated alkanes) is 4. The Morgan fingerprint density at radius 3 is 2.43 bits per heavy atom. The number of ether oxygens (including phenoxy) is 2. The maximum absolute atomic E-state index is 10.3. The lowest BCUT2D eigenvalue weighted by molar-refractivity contribution is -0.118. The summed E-state index contributed by atoms with van der Waals surface area (Å²) in [5, 5.41) is 0. The van der Waals surface area contributed by atoms with Crippen LogP contribution in [0.15, 0.2) is 18.2 Å². The van der Waals surface area contributed by atoms with Gasteiger partial charge in [0.25, 0.3) is 0 Å². The maximum Gasteiger partial charge on any atom is 0.217 e. The van der Waals surface area contributed by atoms with Crippen LogP contribution in [0, 0.1) is 0 Å². The Labute approximate surface area is 170 Å². The first-order valence-electron chi connectivity index (χ1n) is 11.1. The molecular weight excluding hydrogens is 352 g/mol. The first-order chi connectivity index (χ1) is 13.7. The van der Waals surface area contributed by atoms with Gasteiger partial charge < -0.3 is 20.1 Å². The molecule has 1 amide bonds. The van der Waals surface area contributed by atoms with Gasteiger partial charge >= 0.3 is 0 Å². The van der Waals surface area contributed by atoms with Crippen LogP contribution >= 0.6 is 0 Å². The van der Waals surface area contributed by atoms with Gasteiger partial charge in [0.15, 0.2) is 11.5 Å². The van der Waals surface area contributed by atoms with Gasteiger partial charge in [0.2, 0.25) is 5.91 Å². The largest absolute Gasteiger partial charge is 0.486 e. The summed E-state index contributed by atoms with van der Waals surface area (Å²) < 4.78 is 11.1. The normalized spacial score (nSPS) is 15.8. The fraction of sp³-hybridized carbons (Fsp3) is 0.696. The lowest BCUT2D eigenvalue weighted by Crippen LogP contribution is -2.20. The van der Waals surface area contributed by atoms with Crippen molar-refractivity contribution in [2.75, 3.05) is 32.8 Å². The summed E-state index contributed by atoms with van der Waals surface area (Å²) in [4.78, 5) is 12.8. The van der Waals surface area contributed by atoms with Gasteiger partial charge in [0, 0.05) is 6.42 Å². The van der Waals surface area contributed by atoms with Gasteiger partial charge in [-0.2, -0.15) is 0 Å². The molecule has 0 aliphatic carbocycles. The number of primary amides is 1. The molecule has 3 rings (SSSR count). The number of aryl methyl sites for hydroxylation is 1. The van der Waals surface area contributed by atoms with Gasteiger partial charge in [-0.15, -0.1) is 0 Å². The Morgan fingerprint density at radius 2 is 1.71 bits per heavy atom. The van der Waals surface area contributed by atoms with E-state index in [0.29, 0.717) is 19.6 Å². The van der Waals surface area contributed by atoms with E-state index in [1.165, 1.54) is 63.7 Å². The van der Waals surface area contributed by atoms with Crippen molar-refractivity contribution in [3.8, 4) is 11.5 Å². The van der Waals surface area contributed by atoms with E-state index in [4.69, 9.17) is 15.2 Å². The van der Waals surface area contributed by atoms with Crippen molar-refractivity contribution in [2.24, 2.45) is 5.73 Å². The van der Waals surface area contributed by atoms with E-state index in [1.54, 1.807) is 0 Å². The van der Waals surface area contributed by atoms with E-state index >= 15 is 0 Å². The smallest absolute Gasteiger partial charge is 0.217 e. The van der Waals surface area contributed by atoms with Crippen LogP contribution in [0.3, 0.4) is 0 Å². The minimum atomic E-state index is -0.170. The number of fused-ring (bicyclic) bond motifs is 1. The highest BCUT2D eigenvalue weighted by Gasteiger charge is 2.13. The second-order valence-corrected chi connectivity index (χ2v) is 7.76. The van der Waals surface area contributed by atoms with Crippen LogP contribution in [0.2, 0.25) is 0 Å². The van der Waals surface area contributed by atoms with Gasteiger partial charge in [-0.1, -0.05) is 38.7 Å². The van der Waals surface area contributed by atoms with Gasteiger partial charge in [0.1, 0.15) is 13.2 Å². The molecule has 158 valence electrons. The zero-order chi connectivity index (χ0) is 20.0. The third-order valence-corrected chi connectivity index (χ3v) is 5.27. The Kier molecular flexibility index (Phi) is 10.8. The molecule has 5 nitrogen and oxygen atoms in total. The molecule has 1 saturated heterocycles. The van der Waals surface area contributed by atoms with Gasteiger partial charge in [-0.3, -0.25) is 4.79 Å². The van der Waals surface area contributed by atoms with Crippen LogP contribution in [0.4, 0.5) is 0 Å². The van der Waals surface area contributed by atoms with Crippen molar-refractivity contribution >= 4 is 5.91 Å². The Morgan fingerprint density at radius 1 is 1.00 bits per heavy atom. The molecule has 0 saturated carbocycles. The van der Waals surface area contributed by atoms with Gasteiger partial charge in [0.05, 0.1) is 0 Å². The number of rotatable bonds is 10. The highest BCUT2D eigenvalue weighted by molar-refractivity contribution is 5.73. The third-order valence-electron chi connectivity index (χ3n) is 5.27. The van der Waals surface area contributed by atoms with Crippen molar-refractivity contribution in [3.05, 3.63) is 23.8 Å². The van der Waals surface area contributed by atoms with E-state index in [9.17, 15) is 4.79 Å². The molecule has 1 aromatic rings. The van der Waals surface area contributed by atoms with E-state index in [-0.39, 0.29) is 5.91 Å². The molecule has 28 heavy (non-hydrogen) atoms. The average Bonchev–Trinajstić information content (AvgIpc) is 3.22. The molecule has 5 heteroatoms. The van der Waals surface area contributed by atoms with Crippen LogP contribution in [0.5, 0.6) is 11.5 Å². The quantitative estimate of drug-likeness (QED) is 0.604. The van der Waals surface area contributed by atoms with E-state index in [1.807, 2.05) is 6.07 Å². The first-order valence-corrected chi connectivity index (χ1v) is 11.1. The minimum Gasteiger partial charge on any atom is -0.486 e. The number of carbonyl (C=O) groups excluding carboxylic acids is 1. The van der Waals surface area contributed by atoms with Crippen molar-refractivity contribution in [2.45, 2.75) is 71.1 Å². The predicted octanol–water partition coefficient (Wildman–Crippen LogP) is 4.32. The number of hydrogen-bond donors (Lipinski definition) is 1. The van der Waals surface area contributed by atoms with Crippen molar-refractivity contribution in [1.29, 1.82) is 0 Å². The van der Waals surface area contributed by atoms with Crippen molar-refractivity contribution in [1.82, 2.24) is 4.90 Å². The standard InChI is InChI=1S/C15H21NO2.C8H17NO/c1-2-8-16(7-1)9-3-4-13-5-6-14-15(12-13)18-11-10-17-14;1-2-3-4-5-6-7-8(9)10/h5-6,12H,1-4,7-11H2;2-7H2,1H3,(H2,9,10). The molecule has 2 aliphatic rings. The predicted molar refractivity (Wildman–Crippen MR) is 114 cm³/mol. The Hall–Kier alpha value is -1.75. The molecule has 2 N–H and O–H groups in total. The summed E-state index contributed by atoms with van der Waals surface area (Å²) >= 11 is 0. The van der Waals surface area contributed by atoms with Crippen LogP contribution in [0.25, 0.3) is 0 Å².